The number of nitrogens with one attached hydrogen (secondary N) is 2. The number of rotatable bonds is 8. The van der Waals surface area contributed by atoms with Gasteiger partial charge in [-0.25, -0.2) is 4.98 Å². The van der Waals surface area contributed by atoms with Gasteiger partial charge in [0.25, 0.3) is 5.56 Å². The SMILES string of the molecule is CCc1nc(C(F)(F)c2ccccc2)[nH]c(=O)c1CCNCOC(C)(C)C.CO. The molecule has 29 heavy (non-hydrogen) atoms. The van der Waals surface area contributed by atoms with Crippen LogP contribution in [0.2, 0.25) is 0 Å². The molecule has 0 spiro atoms. The summed E-state index contributed by atoms with van der Waals surface area (Å²) in [6.07, 6.45) is 0.784. The zero-order valence-corrected chi connectivity index (χ0v) is 17.7. The summed E-state index contributed by atoms with van der Waals surface area (Å²) < 4.78 is 35.0. The van der Waals surface area contributed by atoms with Crippen LogP contribution in [0.15, 0.2) is 35.1 Å². The van der Waals surface area contributed by atoms with Crippen LogP contribution < -0.4 is 10.9 Å². The lowest BCUT2D eigenvalue weighted by molar-refractivity contribution is -0.0128. The highest BCUT2D eigenvalue weighted by Crippen LogP contribution is 2.32. The van der Waals surface area contributed by atoms with E-state index in [1.807, 2.05) is 20.8 Å². The van der Waals surface area contributed by atoms with E-state index >= 15 is 0 Å². The van der Waals surface area contributed by atoms with E-state index in [9.17, 15) is 13.6 Å². The van der Waals surface area contributed by atoms with Crippen molar-refractivity contribution in [3.05, 3.63) is 63.3 Å². The van der Waals surface area contributed by atoms with Gasteiger partial charge in [-0.2, -0.15) is 8.78 Å². The first-order valence-electron chi connectivity index (χ1n) is 9.50. The van der Waals surface area contributed by atoms with Crippen molar-refractivity contribution in [2.24, 2.45) is 0 Å². The van der Waals surface area contributed by atoms with Crippen LogP contribution in [0, 0.1) is 0 Å². The van der Waals surface area contributed by atoms with E-state index in [0.717, 1.165) is 7.11 Å². The molecule has 2 aromatic rings. The maximum absolute atomic E-state index is 14.7. The highest BCUT2D eigenvalue weighted by atomic mass is 19.3. The Labute approximate surface area is 170 Å². The number of alkyl halides is 2. The van der Waals surface area contributed by atoms with Crippen molar-refractivity contribution in [2.75, 3.05) is 20.4 Å². The second kappa shape index (κ2) is 11.1. The van der Waals surface area contributed by atoms with Crippen molar-refractivity contribution < 1.29 is 18.6 Å². The number of aryl methyl sites for hydroxylation is 1. The number of aliphatic hydroxyl groups is 1. The zero-order valence-electron chi connectivity index (χ0n) is 17.7. The molecule has 0 aliphatic rings. The third-order valence-corrected chi connectivity index (χ3v) is 4.03. The summed E-state index contributed by atoms with van der Waals surface area (Å²) in [5.74, 6) is -3.98. The number of aromatic nitrogens is 2. The van der Waals surface area contributed by atoms with Gasteiger partial charge < -0.3 is 14.8 Å². The van der Waals surface area contributed by atoms with Crippen molar-refractivity contribution >= 4 is 0 Å². The summed E-state index contributed by atoms with van der Waals surface area (Å²) in [4.78, 5) is 18.8. The van der Waals surface area contributed by atoms with Crippen LogP contribution in [0.4, 0.5) is 8.78 Å². The Hall–Kier alpha value is -2.16. The fourth-order valence-corrected chi connectivity index (χ4v) is 2.58. The second-order valence-electron chi connectivity index (χ2n) is 7.28. The van der Waals surface area contributed by atoms with Crippen molar-refractivity contribution in [1.29, 1.82) is 0 Å². The minimum Gasteiger partial charge on any atom is -0.400 e. The molecule has 0 aliphatic carbocycles. The molecule has 0 unspecified atom stereocenters. The Morgan fingerprint density at radius 1 is 1.17 bits per heavy atom. The minimum atomic E-state index is -3.36. The Kier molecular flexibility index (Phi) is 9.55. The molecule has 0 fully saturated rings. The Balaban J connectivity index is 0.00000204. The molecular formula is C21H31F2N3O3. The van der Waals surface area contributed by atoms with Gasteiger partial charge in [-0.1, -0.05) is 37.3 Å². The number of aromatic amines is 1. The molecule has 2 rings (SSSR count). The molecule has 1 heterocycles. The number of aliphatic hydroxyl groups excluding tert-OH is 1. The quantitative estimate of drug-likeness (QED) is 0.459. The van der Waals surface area contributed by atoms with E-state index in [0.29, 0.717) is 37.4 Å². The third-order valence-electron chi connectivity index (χ3n) is 4.03. The van der Waals surface area contributed by atoms with Gasteiger partial charge in [-0.15, -0.1) is 0 Å². The van der Waals surface area contributed by atoms with Crippen LogP contribution in [0.25, 0.3) is 0 Å². The Bertz CT molecular complexity index is 803. The molecule has 1 aromatic carbocycles. The van der Waals surface area contributed by atoms with E-state index in [4.69, 9.17) is 9.84 Å². The highest BCUT2D eigenvalue weighted by molar-refractivity contribution is 5.28. The molecule has 0 radical (unpaired) electrons. The van der Waals surface area contributed by atoms with Crippen LogP contribution in [0.3, 0.4) is 0 Å². The van der Waals surface area contributed by atoms with Crippen LogP contribution in [0.1, 0.15) is 50.3 Å². The first kappa shape index (κ1) is 24.9. The van der Waals surface area contributed by atoms with Gasteiger partial charge in [0.15, 0.2) is 5.82 Å². The standard InChI is InChI=1S/C20H27F2N3O2.CH4O/c1-5-16-15(11-12-23-13-27-19(2,3)4)17(26)25-18(24-16)20(21,22)14-9-7-6-8-10-14;1-2/h6-10,23H,5,11-13H2,1-4H3,(H,24,25,26);2H,1H3. The topological polar surface area (TPSA) is 87.2 Å². The van der Waals surface area contributed by atoms with Crippen LogP contribution in [0.5, 0.6) is 0 Å². The molecule has 6 nitrogen and oxygen atoms in total. The molecule has 3 N–H and O–H groups in total. The molecule has 0 aliphatic heterocycles. The fraction of sp³-hybridized carbons (Fsp3) is 0.524. The van der Waals surface area contributed by atoms with E-state index in [-0.39, 0.29) is 11.2 Å². The summed E-state index contributed by atoms with van der Waals surface area (Å²) in [6.45, 7) is 8.48. The lowest BCUT2D eigenvalue weighted by atomic mass is 10.1. The second-order valence-corrected chi connectivity index (χ2v) is 7.28. The molecule has 0 atom stereocenters. The van der Waals surface area contributed by atoms with Crippen molar-refractivity contribution in [1.82, 2.24) is 15.3 Å². The molecule has 8 heteroatoms. The van der Waals surface area contributed by atoms with Crippen molar-refractivity contribution in [3.63, 3.8) is 0 Å². The lowest BCUT2D eigenvalue weighted by Crippen LogP contribution is -2.31. The maximum Gasteiger partial charge on any atom is 0.329 e. The van der Waals surface area contributed by atoms with Crippen molar-refractivity contribution in [2.45, 2.75) is 52.1 Å². The number of hydrogen-bond acceptors (Lipinski definition) is 5. The maximum atomic E-state index is 14.7. The van der Waals surface area contributed by atoms with Crippen molar-refractivity contribution in [3.8, 4) is 0 Å². The summed E-state index contributed by atoms with van der Waals surface area (Å²) in [5.41, 5.74) is -0.170. The number of benzene rings is 1. The van der Waals surface area contributed by atoms with E-state index < -0.39 is 17.3 Å². The van der Waals surface area contributed by atoms with Gasteiger partial charge in [-0.05, 0) is 33.6 Å². The van der Waals surface area contributed by atoms with Crippen LogP contribution in [-0.4, -0.2) is 41.1 Å². The van der Waals surface area contributed by atoms with Gasteiger partial charge in [0.2, 0.25) is 0 Å². The molecule has 0 saturated carbocycles. The number of H-pyrrole nitrogens is 1. The number of hydrogen-bond donors (Lipinski definition) is 3. The summed E-state index contributed by atoms with van der Waals surface area (Å²) in [5, 5.41) is 10.1. The first-order valence-corrected chi connectivity index (χ1v) is 9.50. The predicted octanol–water partition coefficient (Wildman–Crippen LogP) is 2.99. The molecule has 0 saturated heterocycles. The van der Waals surface area contributed by atoms with Gasteiger partial charge in [-0.3, -0.25) is 10.1 Å². The smallest absolute Gasteiger partial charge is 0.329 e. The molecule has 0 bridgehead atoms. The van der Waals surface area contributed by atoms with E-state index in [1.165, 1.54) is 24.3 Å². The Morgan fingerprint density at radius 2 is 1.79 bits per heavy atom. The van der Waals surface area contributed by atoms with Gasteiger partial charge in [0.05, 0.1) is 18.0 Å². The molecular weight excluding hydrogens is 380 g/mol. The third kappa shape index (κ3) is 7.30. The predicted molar refractivity (Wildman–Crippen MR) is 109 cm³/mol. The number of ether oxygens (including phenoxy) is 1. The van der Waals surface area contributed by atoms with Gasteiger partial charge in [0.1, 0.15) is 0 Å². The first-order chi connectivity index (χ1) is 13.6. The monoisotopic (exact) mass is 411 g/mol. The van der Waals surface area contributed by atoms with Crippen LogP contribution in [-0.2, 0) is 23.5 Å². The molecule has 0 amide bonds. The summed E-state index contributed by atoms with van der Waals surface area (Å²) in [7, 11) is 1.00. The zero-order chi connectivity index (χ0) is 22.1. The normalized spacial score (nSPS) is 11.7. The number of nitrogens with zero attached hydrogens (tertiary/aromatic N) is 1. The number of halogens is 2. The average molecular weight is 411 g/mol. The highest BCUT2D eigenvalue weighted by Gasteiger charge is 2.37. The molecule has 1 aromatic heterocycles. The summed E-state index contributed by atoms with van der Waals surface area (Å²) >= 11 is 0. The lowest BCUT2D eigenvalue weighted by Gasteiger charge is -2.20. The average Bonchev–Trinajstić information content (AvgIpc) is 2.69. The Morgan fingerprint density at radius 3 is 2.34 bits per heavy atom. The van der Waals surface area contributed by atoms with Crippen LogP contribution >= 0.6 is 0 Å². The van der Waals surface area contributed by atoms with E-state index in [1.54, 1.807) is 13.0 Å². The largest absolute Gasteiger partial charge is 0.400 e. The fourth-order valence-electron chi connectivity index (χ4n) is 2.58. The van der Waals surface area contributed by atoms with Gasteiger partial charge in [0, 0.05) is 24.8 Å². The van der Waals surface area contributed by atoms with Gasteiger partial charge >= 0.3 is 5.92 Å². The molecule has 162 valence electrons. The minimum absolute atomic E-state index is 0.205. The van der Waals surface area contributed by atoms with E-state index in [2.05, 4.69) is 15.3 Å². The summed E-state index contributed by atoms with van der Waals surface area (Å²) in [6, 6.07) is 7.35.